The molecule has 0 aromatic rings. The molecule has 0 aliphatic heterocycles. The Morgan fingerprint density at radius 3 is 3.00 bits per heavy atom. The lowest BCUT2D eigenvalue weighted by molar-refractivity contribution is -0.137. The summed E-state index contributed by atoms with van der Waals surface area (Å²) in [7, 11) is 0. The van der Waals surface area contributed by atoms with Crippen LogP contribution in [0.4, 0.5) is 0 Å². The van der Waals surface area contributed by atoms with Crippen molar-refractivity contribution in [3.8, 4) is 0 Å². The van der Waals surface area contributed by atoms with Crippen molar-refractivity contribution in [1.82, 2.24) is 0 Å². The van der Waals surface area contributed by atoms with Gasteiger partial charge in [-0.2, -0.15) is 0 Å². The highest BCUT2D eigenvalue weighted by atomic mass is 35.5. The Kier molecular flexibility index (Phi) is 6.50. The zero-order valence-corrected chi connectivity index (χ0v) is 6.80. The van der Waals surface area contributed by atoms with E-state index in [1.807, 2.05) is 0 Å². The lowest BCUT2D eigenvalue weighted by Gasteiger charge is -1.92. The van der Waals surface area contributed by atoms with E-state index in [9.17, 15) is 4.79 Å². The van der Waals surface area contributed by atoms with Gasteiger partial charge >= 0.3 is 5.97 Å². The number of hydrogen-bond acceptors (Lipinski definition) is 2. The molecule has 0 aliphatic rings. The second-order valence-electron chi connectivity index (χ2n) is 1.68. The molecule has 0 N–H and O–H groups in total. The van der Waals surface area contributed by atoms with Gasteiger partial charge in [-0.3, -0.25) is 4.79 Å². The van der Waals surface area contributed by atoms with Crippen LogP contribution < -0.4 is 0 Å². The number of rotatable bonds is 4. The van der Waals surface area contributed by atoms with E-state index in [0.29, 0.717) is 12.8 Å². The molecule has 0 fully saturated rings. The molecule has 0 saturated heterocycles. The second-order valence-corrected chi connectivity index (χ2v) is 1.89. The van der Waals surface area contributed by atoms with Crippen molar-refractivity contribution < 1.29 is 9.53 Å². The van der Waals surface area contributed by atoms with Crippen LogP contribution in [0.1, 0.15) is 12.8 Å². The molecular formula is C8H9ClO2. The molecular weight excluding hydrogens is 164 g/mol. The number of ether oxygens (including phenoxy) is 1. The van der Waals surface area contributed by atoms with Gasteiger partial charge < -0.3 is 4.74 Å². The Labute approximate surface area is 70.8 Å². The van der Waals surface area contributed by atoms with E-state index >= 15 is 0 Å². The fourth-order valence-electron chi connectivity index (χ4n) is 0.470. The first-order valence-electron chi connectivity index (χ1n) is 3.11. The topological polar surface area (TPSA) is 26.3 Å². The van der Waals surface area contributed by atoms with Gasteiger partial charge in [-0.15, -0.1) is 5.73 Å². The summed E-state index contributed by atoms with van der Waals surface area (Å²) in [4.78, 5) is 10.6. The molecule has 0 radical (unpaired) electrons. The monoisotopic (exact) mass is 172 g/mol. The molecule has 0 saturated carbocycles. The summed E-state index contributed by atoms with van der Waals surface area (Å²) < 4.78 is 4.46. The van der Waals surface area contributed by atoms with Crippen molar-refractivity contribution in [2.75, 3.05) is 0 Å². The lowest BCUT2D eigenvalue weighted by atomic mass is 10.3. The molecule has 0 aromatic heterocycles. The largest absolute Gasteiger partial charge is 0.435 e. The van der Waals surface area contributed by atoms with Crippen molar-refractivity contribution in [3.05, 3.63) is 30.2 Å². The zero-order chi connectivity index (χ0) is 8.53. The third-order valence-corrected chi connectivity index (χ3v) is 1.01. The van der Waals surface area contributed by atoms with E-state index in [1.165, 1.54) is 5.54 Å². The van der Waals surface area contributed by atoms with Crippen molar-refractivity contribution in [2.24, 2.45) is 0 Å². The van der Waals surface area contributed by atoms with Crippen LogP contribution in [0.2, 0.25) is 0 Å². The smallest absolute Gasteiger partial charge is 0.310 e. The average molecular weight is 173 g/mol. The Balaban J connectivity index is 3.46. The highest BCUT2D eigenvalue weighted by Crippen LogP contribution is 1.93. The lowest BCUT2D eigenvalue weighted by Crippen LogP contribution is -1.96. The van der Waals surface area contributed by atoms with Gasteiger partial charge in [-0.25, -0.2) is 0 Å². The van der Waals surface area contributed by atoms with E-state index < -0.39 is 0 Å². The molecule has 11 heavy (non-hydrogen) atoms. The second kappa shape index (κ2) is 7.13. The molecule has 2 nitrogen and oxygen atoms in total. The van der Waals surface area contributed by atoms with Gasteiger partial charge in [-0.1, -0.05) is 18.2 Å². The molecule has 0 heterocycles. The van der Waals surface area contributed by atoms with Crippen molar-refractivity contribution in [3.63, 3.8) is 0 Å². The fourth-order valence-corrected chi connectivity index (χ4v) is 0.559. The first kappa shape index (κ1) is 10.0. The maximum atomic E-state index is 10.6. The van der Waals surface area contributed by atoms with Crippen molar-refractivity contribution in [2.45, 2.75) is 12.8 Å². The number of halogens is 1. The molecule has 0 bridgehead atoms. The summed E-state index contributed by atoms with van der Waals surface area (Å²) in [6, 6.07) is 0. The van der Waals surface area contributed by atoms with Crippen LogP contribution in [0.3, 0.4) is 0 Å². The van der Waals surface area contributed by atoms with Gasteiger partial charge in [0.25, 0.3) is 0 Å². The highest BCUT2D eigenvalue weighted by molar-refractivity contribution is 6.25. The number of carbonyl (C=O) groups excluding carboxylic acids is 1. The van der Waals surface area contributed by atoms with Gasteiger partial charge in [0.05, 0.1) is 6.26 Å². The Morgan fingerprint density at radius 2 is 2.45 bits per heavy atom. The van der Waals surface area contributed by atoms with Crippen LogP contribution in [0, 0.1) is 0 Å². The predicted octanol–water partition coefficient (Wildman–Crippen LogP) is 2.36. The molecule has 60 valence electrons. The van der Waals surface area contributed by atoms with Gasteiger partial charge in [0.1, 0.15) is 0 Å². The van der Waals surface area contributed by atoms with Gasteiger partial charge in [0.15, 0.2) is 0 Å². The summed E-state index contributed by atoms with van der Waals surface area (Å²) in [5.74, 6) is -0.298. The normalized spacial score (nSPS) is 7.73. The summed E-state index contributed by atoms with van der Waals surface area (Å²) in [5, 5.41) is 0. The van der Waals surface area contributed by atoms with E-state index in [0.717, 1.165) is 6.26 Å². The molecule has 3 heteroatoms. The fraction of sp³-hybridized carbons (Fsp3) is 0.250. The quantitative estimate of drug-likeness (QED) is 0.370. The SMILES string of the molecule is C=COC(=O)CCC=C=CCl. The Hall–Kier alpha value is -0.980. The van der Waals surface area contributed by atoms with Crippen LogP contribution in [-0.2, 0) is 9.53 Å². The third-order valence-electron chi connectivity index (χ3n) is 0.888. The first-order chi connectivity index (χ1) is 5.31. The van der Waals surface area contributed by atoms with Crippen LogP contribution in [0.25, 0.3) is 0 Å². The standard InChI is InChI=1S/C8H9ClO2/c1-2-11-8(10)6-4-3-5-7-9/h2-3,7H,1,4,6H2. The Bertz CT molecular complexity index is 190. The van der Waals surface area contributed by atoms with Crippen molar-refractivity contribution in [1.29, 1.82) is 0 Å². The molecule has 0 rings (SSSR count). The number of esters is 1. The molecule has 0 unspecified atom stereocenters. The summed E-state index contributed by atoms with van der Waals surface area (Å²) >= 11 is 5.18. The molecule has 0 amide bonds. The van der Waals surface area contributed by atoms with Gasteiger partial charge in [-0.05, 0) is 12.5 Å². The molecule has 0 aliphatic carbocycles. The minimum atomic E-state index is -0.298. The number of carbonyl (C=O) groups is 1. The Morgan fingerprint density at radius 1 is 1.73 bits per heavy atom. The van der Waals surface area contributed by atoms with Crippen LogP contribution >= 0.6 is 11.6 Å². The molecule has 0 atom stereocenters. The number of hydrogen-bond donors (Lipinski definition) is 0. The van der Waals surface area contributed by atoms with Crippen LogP contribution in [-0.4, -0.2) is 5.97 Å². The zero-order valence-electron chi connectivity index (χ0n) is 6.05. The van der Waals surface area contributed by atoms with Gasteiger partial charge in [0.2, 0.25) is 0 Å². The third kappa shape index (κ3) is 6.91. The minimum absolute atomic E-state index is 0.298. The summed E-state index contributed by atoms with van der Waals surface area (Å²) in [6.45, 7) is 3.25. The van der Waals surface area contributed by atoms with Crippen LogP contribution in [0.15, 0.2) is 30.2 Å². The molecule has 0 aromatic carbocycles. The van der Waals surface area contributed by atoms with E-state index in [1.54, 1.807) is 6.08 Å². The number of allylic oxidation sites excluding steroid dienone is 1. The van der Waals surface area contributed by atoms with Gasteiger partial charge in [0, 0.05) is 12.0 Å². The van der Waals surface area contributed by atoms with Crippen LogP contribution in [0.5, 0.6) is 0 Å². The van der Waals surface area contributed by atoms with E-state index in [-0.39, 0.29) is 5.97 Å². The van der Waals surface area contributed by atoms with Crippen molar-refractivity contribution >= 4 is 17.6 Å². The first-order valence-corrected chi connectivity index (χ1v) is 3.55. The predicted molar refractivity (Wildman–Crippen MR) is 44.0 cm³/mol. The summed E-state index contributed by atoms with van der Waals surface area (Å²) in [6.07, 6.45) is 3.68. The van der Waals surface area contributed by atoms with E-state index in [2.05, 4.69) is 17.0 Å². The van der Waals surface area contributed by atoms with E-state index in [4.69, 9.17) is 11.6 Å². The average Bonchev–Trinajstić information content (AvgIpc) is 1.99. The highest BCUT2D eigenvalue weighted by Gasteiger charge is 1.96. The maximum Gasteiger partial charge on any atom is 0.310 e. The summed E-state index contributed by atoms with van der Waals surface area (Å²) in [5.41, 5.74) is 3.89. The maximum absolute atomic E-state index is 10.6. The minimum Gasteiger partial charge on any atom is -0.435 e. The molecule has 0 spiro atoms.